The van der Waals surface area contributed by atoms with Gasteiger partial charge in [-0.05, 0) is 73.5 Å². The van der Waals surface area contributed by atoms with Crippen LogP contribution in [0.4, 0.5) is 20.6 Å². The van der Waals surface area contributed by atoms with Gasteiger partial charge in [-0.3, -0.25) is 0 Å². The molecule has 1 atom stereocenters. The number of rotatable bonds is 4. The van der Waals surface area contributed by atoms with E-state index < -0.39 is 6.04 Å². The van der Waals surface area contributed by atoms with E-state index in [0.29, 0.717) is 17.8 Å². The van der Waals surface area contributed by atoms with Crippen LogP contribution < -0.4 is 10.2 Å². The first-order chi connectivity index (χ1) is 19.3. The van der Waals surface area contributed by atoms with Gasteiger partial charge in [0, 0.05) is 37.2 Å². The first kappa shape index (κ1) is 25.4. The number of nitrogens with zero attached hydrogens (tertiary/aromatic N) is 5. The van der Waals surface area contributed by atoms with Crippen LogP contribution in [0.3, 0.4) is 0 Å². The predicted molar refractivity (Wildman–Crippen MR) is 156 cm³/mol. The Morgan fingerprint density at radius 1 is 0.975 bits per heavy atom. The van der Waals surface area contributed by atoms with Crippen LogP contribution in [0.1, 0.15) is 34.1 Å². The standard InChI is InChI=1S/C32H31FN6O/c1-21-12-15-24(19-28(21)33)34-32(40)38-20-27-22(2)35-39(26-9-6-5-7-10-26)31(27)37-18-8-11-29(37)30(38)23-13-16-25(17-14-23)36(3)4/h5-19,30H,20H2,1-4H3,(H,34,40). The van der Waals surface area contributed by atoms with Crippen molar-refractivity contribution in [1.29, 1.82) is 0 Å². The minimum Gasteiger partial charge on any atom is -0.378 e. The number of benzene rings is 3. The smallest absolute Gasteiger partial charge is 0.322 e. The molecule has 1 N–H and O–H groups in total. The molecule has 0 aliphatic carbocycles. The lowest BCUT2D eigenvalue weighted by atomic mass is 10.0. The van der Waals surface area contributed by atoms with Gasteiger partial charge in [-0.1, -0.05) is 36.4 Å². The van der Waals surface area contributed by atoms with Crippen LogP contribution in [0.15, 0.2) is 91.1 Å². The van der Waals surface area contributed by atoms with Crippen LogP contribution in [0.25, 0.3) is 11.5 Å². The van der Waals surface area contributed by atoms with Crippen molar-refractivity contribution < 1.29 is 9.18 Å². The summed E-state index contributed by atoms with van der Waals surface area (Å²) >= 11 is 0. The second-order valence-corrected chi connectivity index (χ2v) is 10.3. The number of fused-ring (bicyclic) bond motifs is 3. The Labute approximate surface area is 233 Å². The fraction of sp³-hybridized carbons (Fsp3) is 0.188. The number of anilines is 2. The average Bonchev–Trinajstić information content (AvgIpc) is 3.51. The van der Waals surface area contributed by atoms with E-state index in [4.69, 9.17) is 5.10 Å². The molecule has 3 aromatic carbocycles. The Bertz CT molecular complexity index is 1690. The summed E-state index contributed by atoms with van der Waals surface area (Å²) in [6.07, 6.45) is 2.02. The highest BCUT2D eigenvalue weighted by Crippen LogP contribution is 2.39. The maximum Gasteiger partial charge on any atom is 0.322 e. The maximum absolute atomic E-state index is 14.4. The van der Waals surface area contributed by atoms with Gasteiger partial charge >= 0.3 is 6.03 Å². The quantitative estimate of drug-likeness (QED) is 0.282. The molecule has 1 aliphatic rings. The topological polar surface area (TPSA) is 58.3 Å². The summed E-state index contributed by atoms with van der Waals surface area (Å²) in [6, 6.07) is 26.3. The summed E-state index contributed by atoms with van der Waals surface area (Å²) in [5.41, 5.74) is 6.62. The zero-order valence-electron chi connectivity index (χ0n) is 23.0. The molecule has 8 heteroatoms. The van der Waals surface area contributed by atoms with Gasteiger partial charge in [0.25, 0.3) is 0 Å². The van der Waals surface area contributed by atoms with E-state index in [1.54, 1.807) is 19.1 Å². The summed E-state index contributed by atoms with van der Waals surface area (Å²) in [5.74, 6) is 0.538. The van der Waals surface area contributed by atoms with Crippen molar-refractivity contribution >= 4 is 17.4 Å². The number of aromatic nitrogens is 3. The minimum absolute atomic E-state index is 0.315. The molecule has 0 saturated carbocycles. The highest BCUT2D eigenvalue weighted by Gasteiger charge is 2.36. The third-order valence-electron chi connectivity index (χ3n) is 7.50. The minimum atomic E-state index is -0.405. The van der Waals surface area contributed by atoms with Crippen LogP contribution >= 0.6 is 0 Å². The van der Waals surface area contributed by atoms with Crippen LogP contribution in [0, 0.1) is 19.7 Å². The van der Waals surface area contributed by atoms with Gasteiger partial charge in [-0.25, -0.2) is 13.9 Å². The Morgan fingerprint density at radius 3 is 2.42 bits per heavy atom. The van der Waals surface area contributed by atoms with Gasteiger partial charge in [0.2, 0.25) is 0 Å². The van der Waals surface area contributed by atoms with Gasteiger partial charge in [0.15, 0.2) is 0 Å². The molecule has 0 bridgehead atoms. The van der Waals surface area contributed by atoms with E-state index >= 15 is 0 Å². The molecular formula is C32H31FN6O. The second kappa shape index (κ2) is 10.0. The molecule has 0 saturated heterocycles. The molecule has 5 aromatic rings. The molecule has 202 valence electrons. The van der Waals surface area contributed by atoms with Crippen molar-refractivity contribution in [1.82, 2.24) is 19.2 Å². The molecule has 2 amide bonds. The molecule has 1 unspecified atom stereocenters. The number of halogens is 1. The molecular weight excluding hydrogens is 503 g/mol. The lowest BCUT2D eigenvalue weighted by Gasteiger charge is -2.31. The largest absolute Gasteiger partial charge is 0.378 e. The molecule has 40 heavy (non-hydrogen) atoms. The van der Waals surface area contributed by atoms with Crippen LogP contribution in [0.5, 0.6) is 0 Å². The zero-order chi connectivity index (χ0) is 28.0. The normalized spacial score (nSPS) is 14.3. The number of aryl methyl sites for hydroxylation is 2. The van der Waals surface area contributed by atoms with E-state index in [0.717, 1.165) is 39.7 Å². The zero-order valence-corrected chi connectivity index (χ0v) is 23.0. The van der Waals surface area contributed by atoms with Gasteiger partial charge in [-0.15, -0.1) is 0 Å². The molecule has 6 rings (SSSR count). The number of amides is 2. The number of para-hydroxylation sites is 1. The van der Waals surface area contributed by atoms with Crippen LogP contribution in [0.2, 0.25) is 0 Å². The van der Waals surface area contributed by atoms with E-state index in [-0.39, 0.29) is 11.8 Å². The van der Waals surface area contributed by atoms with E-state index in [1.807, 2.05) is 84.2 Å². The lowest BCUT2D eigenvalue weighted by molar-refractivity contribution is 0.194. The predicted octanol–water partition coefficient (Wildman–Crippen LogP) is 6.62. The maximum atomic E-state index is 14.4. The summed E-state index contributed by atoms with van der Waals surface area (Å²) in [5, 5.41) is 7.84. The molecule has 0 fully saturated rings. The van der Waals surface area contributed by atoms with Crippen molar-refractivity contribution in [2.24, 2.45) is 0 Å². The van der Waals surface area contributed by atoms with E-state index in [2.05, 4.69) is 34.1 Å². The molecule has 0 spiro atoms. The summed E-state index contributed by atoms with van der Waals surface area (Å²) in [4.78, 5) is 17.9. The van der Waals surface area contributed by atoms with Crippen LogP contribution in [-0.2, 0) is 6.54 Å². The molecule has 1 aliphatic heterocycles. The number of urea groups is 1. The molecule has 0 radical (unpaired) electrons. The van der Waals surface area contributed by atoms with Crippen molar-refractivity contribution in [3.8, 4) is 11.5 Å². The Morgan fingerprint density at radius 2 is 1.73 bits per heavy atom. The van der Waals surface area contributed by atoms with Crippen molar-refractivity contribution in [2.75, 3.05) is 24.3 Å². The lowest BCUT2D eigenvalue weighted by Crippen LogP contribution is -2.38. The number of hydrogen-bond donors (Lipinski definition) is 1. The van der Waals surface area contributed by atoms with Gasteiger partial charge in [0.05, 0.1) is 29.7 Å². The van der Waals surface area contributed by atoms with Gasteiger partial charge in [-0.2, -0.15) is 5.10 Å². The van der Waals surface area contributed by atoms with E-state index in [1.165, 1.54) is 6.07 Å². The Hall–Kier alpha value is -4.85. The second-order valence-electron chi connectivity index (χ2n) is 10.3. The summed E-state index contributed by atoms with van der Waals surface area (Å²) < 4.78 is 18.4. The monoisotopic (exact) mass is 534 g/mol. The fourth-order valence-electron chi connectivity index (χ4n) is 5.32. The highest BCUT2D eigenvalue weighted by molar-refractivity contribution is 5.90. The number of carbonyl (C=O) groups excluding carboxylic acids is 1. The third kappa shape index (κ3) is 4.41. The average molecular weight is 535 g/mol. The Balaban J connectivity index is 1.51. The first-order valence-corrected chi connectivity index (χ1v) is 13.2. The number of carbonyl (C=O) groups is 1. The SMILES string of the molecule is Cc1ccc(NC(=O)N2Cc3c(C)nn(-c4ccccc4)c3-n3cccc3C2c2ccc(N(C)C)cc2)cc1F. The highest BCUT2D eigenvalue weighted by atomic mass is 19.1. The van der Waals surface area contributed by atoms with E-state index in [9.17, 15) is 9.18 Å². The van der Waals surface area contributed by atoms with Crippen molar-refractivity contribution in [2.45, 2.75) is 26.4 Å². The fourth-order valence-corrected chi connectivity index (χ4v) is 5.32. The third-order valence-corrected chi connectivity index (χ3v) is 7.50. The van der Waals surface area contributed by atoms with Gasteiger partial charge in [0.1, 0.15) is 11.6 Å². The first-order valence-electron chi connectivity index (χ1n) is 13.2. The van der Waals surface area contributed by atoms with Crippen LogP contribution in [-0.4, -0.2) is 39.4 Å². The van der Waals surface area contributed by atoms with Crippen molar-refractivity contribution in [3.63, 3.8) is 0 Å². The molecule has 2 aromatic heterocycles. The van der Waals surface area contributed by atoms with Crippen molar-refractivity contribution in [3.05, 3.63) is 125 Å². The van der Waals surface area contributed by atoms with Gasteiger partial charge < -0.3 is 19.7 Å². The summed E-state index contributed by atoms with van der Waals surface area (Å²) in [7, 11) is 4.00. The molecule has 3 heterocycles. The number of nitrogens with one attached hydrogen (secondary N) is 1. The Kier molecular flexibility index (Phi) is 6.38. The summed E-state index contributed by atoms with van der Waals surface area (Å²) in [6.45, 7) is 3.99. The molecule has 7 nitrogen and oxygen atoms in total. The number of hydrogen-bond acceptors (Lipinski definition) is 3.